The topological polar surface area (TPSA) is 44.4 Å². The highest BCUT2D eigenvalue weighted by Gasteiger charge is 2.19. The van der Waals surface area contributed by atoms with E-state index in [9.17, 15) is 8.78 Å². The van der Waals surface area contributed by atoms with Gasteiger partial charge in [-0.05, 0) is 24.6 Å². The largest absolute Gasteiger partial charge is 0.434 e. The van der Waals surface area contributed by atoms with Crippen molar-refractivity contribution in [2.45, 2.75) is 19.6 Å². The number of aromatic nitrogens is 2. The molecular formula is C20H22F2N4O. The molecule has 27 heavy (non-hydrogen) atoms. The van der Waals surface area contributed by atoms with Gasteiger partial charge in [0.25, 0.3) is 0 Å². The van der Waals surface area contributed by atoms with E-state index in [4.69, 9.17) is 0 Å². The normalized spacial score (nSPS) is 16.0. The van der Waals surface area contributed by atoms with Crippen LogP contribution in [-0.2, 0) is 6.54 Å². The summed E-state index contributed by atoms with van der Waals surface area (Å²) in [6.45, 7) is 1.26. The van der Waals surface area contributed by atoms with E-state index < -0.39 is 6.61 Å². The van der Waals surface area contributed by atoms with Crippen molar-refractivity contribution >= 4 is 17.0 Å². The van der Waals surface area contributed by atoms with Crippen LogP contribution in [-0.4, -0.2) is 47.7 Å². The van der Waals surface area contributed by atoms with Crippen molar-refractivity contribution in [3.05, 3.63) is 54.1 Å². The van der Waals surface area contributed by atoms with Gasteiger partial charge < -0.3 is 14.6 Å². The van der Waals surface area contributed by atoms with Crippen LogP contribution in [0.3, 0.4) is 0 Å². The van der Waals surface area contributed by atoms with Crippen LogP contribution in [0.2, 0.25) is 0 Å². The fourth-order valence-electron chi connectivity index (χ4n) is 3.52. The lowest BCUT2D eigenvalue weighted by molar-refractivity contribution is -0.0507. The summed E-state index contributed by atoms with van der Waals surface area (Å²) in [5.74, 6) is 1.14. The van der Waals surface area contributed by atoms with E-state index in [0.717, 1.165) is 55.1 Å². The number of nitrogens with one attached hydrogen (secondary N) is 1. The molecule has 1 fully saturated rings. The molecule has 142 valence electrons. The number of para-hydroxylation sites is 3. The van der Waals surface area contributed by atoms with Crippen LogP contribution < -0.4 is 9.64 Å². The number of H-pyrrole nitrogens is 1. The number of benzene rings is 2. The minimum absolute atomic E-state index is 0.255. The van der Waals surface area contributed by atoms with Crippen LogP contribution in [0.5, 0.6) is 5.75 Å². The molecule has 0 saturated carbocycles. The number of imidazole rings is 1. The van der Waals surface area contributed by atoms with E-state index in [2.05, 4.69) is 24.5 Å². The Labute approximate surface area is 156 Å². The van der Waals surface area contributed by atoms with Gasteiger partial charge in [-0.15, -0.1) is 0 Å². The van der Waals surface area contributed by atoms with Crippen molar-refractivity contribution in [2.75, 3.05) is 31.1 Å². The van der Waals surface area contributed by atoms with E-state index in [1.54, 1.807) is 12.1 Å². The first kappa shape index (κ1) is 17.7. The fourth-order valence-corrected chi connectivity index (χ4v) is 3.52. The zero-order valence-electron chi connectivity index (χ0n) is 14.9. The molecule has 0 bridgehead atoms. The van der Waals surface area contributed by atoms with Crippen LogP contribution in [0.1, 0.15) is 12.0 Å². The highest BCUT2D eigenvalue weighted by atomic mass is 19.3. The predicted octanol–water partition coefficient (Wildman–Crippen LogP) is 3.88. The van der Waals surface area contributed by atoms with Crippen LogP contribution in [0.4, 0.5) is 14.7 Å². The molecule has 0 radical (unpaired) electrons. The van der Waals surface area contributed by atoms with Crippen molar-refractivity contribution in [3.63, 3.8) is 0 Å². The Morgan fingerprint density at radius 3 is 2.67 bits per heavy atom. The first-order valence-corrected chi connectivity index (χ1v) is 9.14. The van der Waals surface area contributed by atoms with E-state index in [1.165, 1.54) is 0 Å². The maximum absolute atomic E-state index is 12.6. The highest BCUT2D eigenvalue weighted by Crippen LogP contribution is 2.23. The van der Waals surface area contributed by atoms with E-state index in [-0.39, 0.29) is 5.75 Å². The van der Waals surface area contributed by atoms with Crippen LogP contribution in [0.25, 0.3) is 11.0 Å². The Kier molecular flexibility index (Phi) is 5.20. The molecule has 1 N–H and O–H groups in total. The predicted molar refractivity (Wildman–Crippen MR) is 101 cm³/mol. The molecule has 1 saturated heterocycles. The molecule has 3 aromatic rings. The molecule has 0 atom stereocenters. The zero-order valence-corrected chi connectivity index (χ0v) is 14.9. The van der Waals surface area contributed by atoms with Gasteiger partial charge in [0.1, 0.15) is 5.75 Å². The molecule has 0 spiro atoms. The SMILES string of the molecule is FC(F)Oc1ccccc1CN1CCCN(c2nc3ccccc3[nH]2)CC1. The summed E-state index contributed by atoms with van der Waals surface area (Å²) in [5, 5.41) is 0. The van der Waals surface area contributed by atoms with Gasteiger partial charge in [0.05, 0.1) is 11.0 Å². The lowest BCUT2D eigenvalue weighted by Gasteiger charge is -2.22. The van der Waals surface area contributed by atoms with E-state index >= 15 is 0 Å². The molecule has 5 nitrogen and oxygen atoms in total. The summed E-state index contributed by atoms with van der Waals surface area (Å²) in [5.41, 5.74) is 2.79. The van der Waals surface area contributed by atoms with Gasteiger partial charge in [0, 0.05) is 38.3 Å². The Bertz CT molecular complexity index is 865. The second kappa shape index (κ2) is 7.92. The molecule has 2 heterocycles. The molecule has 0 aliphatic carbocycles. The zero-order chi connectivity index (χ0) is 18.6. The number of rotatable bonds is 5. The molecule has 2 aromatic carbocycles. The van der Waals surface area contributed by atoms with Crippen LogP contribution in [0.15, 0.2) is 48.5 Å². The Morgan fingerprint density at radius 2 is 1.81 bits per heavy atom. The van der Waals surface area contributed by atoms with Gasteiger partial charge in [-0.2, -0.15) is 8.78 Å². The Morgan fingerprint density at radius 1 is 1.00 bits per heavy atom. The maximum Gasteiger partial charge on any atom is 0.387 e. The number of anilines is 1. The summed E-state index contributed by atoms with van der Waals surface area (Å²) >= 11 is 0. The number of nitrogens with zero attached hydrogens (tertiary/aromatic N) is 3. The third-order valence-electron chi connectivity index (χ3n) is 4.85. The van der Waals surface area contributed by atoms with Gasteiger partial charge in [-0.3, -0.25) is 4.90 Å². The smallest absolute Gasteiger partial charge is 0.387 e. The molecule has 1 aliphatic heterocycles. The third-order valence-corrected chi connectivity index (χ3v) is 4.85. The number of aromatic amines is 1. The lowest BCUT2D eigenvalue weighted by atomic mass is 10.2. The molecular weight excluding hydrogens is 350 g/mol. The summed E-state index contributed by atoms with van der Waals surface area (Å²) in [6, 6.07) is 15.0. The van der Waals surface area contributed by atoms with Gasteiger partial charge in [-0.25, -0.2) is 4.98 Å². The summed E-state index contributed by atoms with van der Waals surface area (Å²) in [7, 11) is 0. The van der Waals surface area contributed by atoms with Crippen molar-refractivity contribution in [1.29, 1.82) is 0 Å². The van der Waals surface area contributed by atoms with Gasteiger partial charge in [-0.1, -0.05) is 30.3 Å². The summed E-state index contributed by atoms with van der Waals surface area (Å²) in [6.07, 6.45) is 0.981. The van der Waals surface area contributed by atoms with Crippen molar-refractivity contribution < 1.29 is 13.5 Å². The first-order valence-electron chi connectivity index (χ1n) is 9.14. The quantitative estimate of drug-likeness (QED) is 0.738. The Balaban J connectivity index is 1.43. The number of hydrogen-bond acceptors (Lipinski definition) is 4. The minimum Gasteiger partial charge on any atom is -0.434 e. The summed E-state index contributed by atoms with van der Waals surface area (Å²) in [4.78, 5) is 12.6. The minimum atomic E-state index is -2.81. The number of alkyl halides is 2. The standard InChI is InChI=1S/C20H22F2N4O/c21-19(22)27-18-9-4-1-6-15(18)14-25-10-5-11-26(13-12-25)20-23-16-7-2-3-8-17(16)24-20/h1-4,6-9,19H,5,10-14H2,(H,23,24). The maximum atomic E-state index is 12.6. The van der Waals surface area contributed by atoms with Crippen molar-refractivity contribution in [2.24, 2.45) is 0 Å². The van der Waals surface area contributed by atoms with E-state index in [0.29, 0.717) is 6.54 Å². The molecule has 0 unspecified atom stereocenters. The summed E-state index contributed by atoms with van der Waals surface area (Å²) < 4.78 is 29.9. The van der Waals surface area contributed by atoms with Crippen LogP contribution >= 0.6 is 0 Å². The van der Waals surface area contributed by atoms with Gasteiger partial charge in [0.2, 0.25) is 5.95 Å². The molecule has 1 aromatic heterocycles. The average Bonchev–Trinajstić information content (AvgIpc) is 2.95. The van der Waals surface area contributed by atoms with Crippen LogP contribution in [0, 0.1) is 0 Å². The highest BCUT2D eigenvalue weighted by molar-refractivity contribution is 5.77. The number of hydrogen-bond donors (Lipinski definition) is 1. The molecule has 1 aliphatic rings. The Hall–Kier alpha value is -2.67. The van der Waals surface area contributed by atoms with Gasteiger partial charge >= 0.3 is 6.61 Å². The molecule has 4 rings (SSSR count). The number of fused-ring (bicyclic) bond motifs is 1. The number of halogens is 2. The van der Waals surface area contributed by atoms with Gasteiger partial charge in [0.15, 0.2) is 0 Å². The van der Waals surface area contributed by atoms with E-state index in [1.807, 2.05) is 36.4 Å². The second-order valence-electron chi connectivity index (χ2n) is 6.68. The lowest BCUT2D eigenvalue weighted by Crippen LogP contribution is -2.31. The first-order chi connectivity index (χ1) is 13.2. The number of ether oxygens (including phenoxy) is 1. The average molecular weight is 372 g/mol. The molecule has 7 heteroatoms. The second-order valence-corrected chi connectivity index (χ2v) is 6.68. The monoisotopic (exact) mass is 372 g/mol. The third kappa shape index (κ3) is 4.19. The van der Waals surface area contributed by atoms with Crippen molar-refractivity contribution in [3.8, 4) is 5.75 Å². The fraction of sp³-hybridized carbons (Fsp3) is 0.350. The molecule has 0 amide bonds. The van der Waals surface area contributed by atoms with Crippen molar-refractivity contribution in [1.82, 2.24) is 14.9 Å².